The van der Waals surface area contributed by atoms with E-state index < -0.39 is 0 Å². The van der Waals surface area contributed by atoms with E-state index in [0.29, 0.717) is 29.6 Å². The number of nitrogens with one attached hydrogen (secondary N) is 1. The number of ether oxygens (including phenoxy) is 2. The number of nitrogens with zero attached hydrogens (tertiary/aromatic N) is 1. The molecule has 2 amide bonds. The Kier molecular flexibility index (Phi) is 7.38. The Morgan fingerprint density at radius 3 is 2.43 bits per heavy atom. The van der Waals surface area contributed by atoms with Crippen LogP contribution >= 0.6 is 0 Å². The summed E-state index contributed by atoms with van der Waals surface area (Å²) in [6, 6.07) is 5.15. The highest BCUT2D eigenvalue weighted by Crippen LogP contribution is 2.28. The van der Waals surface area contributed by atoms with Gasteiger partial charge in [-0.05, 0) is 24.5 Å². The van der Waals surface area contributed by atoms with Crippen molar-refractivity contribution in [3.63, 3.8) is 0 Å². The minimum absolute atomic E-state index is 0.0163. The van der Waals surface area contributed by atoms with Crippen LogP contribution in [0.4, 0.5) is 5.69 Å². The predicted molar refractivity (Wildman–Crippen MR) is 89.9 cm³/mol. The van der Waals surface area contributed by atoms with Crippen molar-refractivity contribution in [2.75, 3.05) is 32.6 Å². The fourth-order valence-electron chi connectivity index (χ4n) is 2.04. The molecule has 0 radical (unpaired) electrons. The second-order valence-corrected chi connectivity index (χ2v) is 5.74. The molecular formula is C17H26N2O4. The lowest BCUT2D eigenvalue weighted by Gasteiger charge is -2.22. The third-order valence-corrected chi connectivity index (χ3v) is 3.44. The second-order valence-electron chi connectivity index (χ2n) is 5.74. The van der Waals surface area contributed by atoms with Crippen LogP contribution in [0.3, 0.4) is 0 Å². The number of hydrogen-bond acceptors (Lipinski definition) is 4. The quantitative estimate of drug-likeness (QED) is 0.798. The summed E-state index contributed by atoms with van der Waals surface area (Å²) < 4.78 is 10.4. The number of carbonyl (C=O) groups is 2. The molecule has 0 atom stereocenters. The number of benzene rings is 1. The average Bonchev–Trinajstić information content (AvgIpc) is 2.50. The van der Waals surface area contributed by atoms with Crippen LogP contribution in [0.2, 0.25) is 0 Å². The van der Waals surface area contributed by atoms with E-state index in [4.69, 9.17) is 9.47 Å². The molecule has 0 saturated heterocycles. The second kappa shape index (κ2) is 9.02. The summed E-state index contributed by atoms with van der Waals surface area (Å²) in [6.07, 6.45) is 0.856. The minimum Gasteiger partial charge on any atom is -0.497 e. The molecule has 0 aliphatic heterocycles. The van der Waals surface area contributed by atoms with E-state index >= 15 is 0 Å². The molecule has 6 heteroatoms. The molecule has 0 spiro atoms. The normalized spacial score (nSPS) is 10.3. The van der Waals surface area contributed by atoms with Gasteiger partial charge in [-0.1, -0.05) is 13.8 Å². The monoisotopic (exact) mass is 322 g/mol. The summed E-state index contributed by atoms with van der Waals surface area (Å²) in [5.41, 5.74) is 0.518. The van der Waals surface area contributed by atoms with Gasteiger partial charge in [-0.2, -0.15) is 0 Å². The van der Waals surface area contributed by atoms with Gasteiger partial charge in [0.25, 0.3) is 0 Å². The van der Waals surface area contributed by atoms with Crippen molar-refractivity contribution >= 4 is 17.5 Å². The summed E-state index contributed by atoms with van der Waals surface area (Å²) in [4.78, 5) is 25.5. The van der Waals surface area contributed by atoms with E-state index in [9.17, 15) is 9.59 Å². The SMILES string of the molecule is COc1ccc(OC)c(NC(=O)CN(CCC(C)C)C(C)=O)c1. The van der Waals surface area contributed by atoms with Gasteiger partial charge in [0.05, 0.1) is 26.5 Å². The molecule has 1 rings (SSSR count). The first kappa shape index (κ1) is 18.8. The number of anilines is 1. The van der Waals surface area contributed by atoms with Gasteiger partial charge in [-0.25, -0.2) is 0 Å². The van der Waals surface area contributed by atoms with E-state index in [-0.39, 0.29) is 18.4 Å². The van der Waals surface area contributed by atoms with Crippen molar-refractivity contribution in [3.8, 4) is 11.5 Å². The van der Waals surface area contributed by atoms with Gasteiger partial charge < -0.3 is 19.7 Å². The lowest BCUT2D eigenvalue weighted by atomic mass is 10.1. The van der Waals surface area contributed by atoms with Crippen molar-refractivity contribution in [1.82, 2.24) is 4.90 Å². The van der Waals surface area contributed by atoms with E-state index in [0.717, 1.165) is 6.42 Å². The fraction of sp³-hybridized carbons (Fsp3) is 0.529. The molecule has 23 heavy (non-hydrogen) atoms. The van der Waals surface area contributed by atoms with Crippen LogP contribution in [0.25, 0.3) is 0 Å². The summed E-state index contributed by atoms with van der Waals surface area (Å²) in [7, 11) is 3.08. The minimum atomic E-state index is -0.268. The maximum atomic E-state index is 12.2. The highest BCUT2D eigenvalue weighted by molar-refractivity contribution is 5.95. The summed E-state index contributed by atoms with van der Waals surface area (Å²) in [5, 5.41) is 2.77. The van der Waals surface area contributed by atoms with Gasteiger partial charge in [-0.3, -0.25) is 9.59 Å². The first-order valence-electron chi connectivity index (χ1n) is 7.64. The molecule has 0 aromatic heterocycles. The Morgan fingerprint density at radius 1 is 1.22 bits per heavy atom. The highest BCUT2D eigenvalue weighted by atomic mass is 16.5. The Labute approximate surface area is 137 Å². The Hall–Kier alpha value is -2.24. The van der Waals surface area contributed by atoms with Crippen molar-refractivity contribution in [3.05, 3.63) is 18.2 Å². The number of carbonyl (C=O) groups excluding carboxylic acids is 2. The zero-order chi connectivity index (χ0) is 17.4. The Morgan fingerprint density at radius 2 is 1.91 bits per heavy atom. The molecule has 128 valence electrons. The highest BCUT2D eigenvalue weighted by Gasteiger charge is 2.16. The number of amides is 2. The van der Waals surface area contributed by atoms with Gasteiger partial charge in [-0.15, -0.1) is 0 Å². The van der Waals surface area contributed by atoms with E-state index in [1.807, 2.05) is 0 Å². The lowest BCUT2D eigenvalue weighted by Crippen LogP contribution is -2.37. The Bertz CT molecular complexity index is 543. The van der Waals surface area contributed by atoms with Gasteiger partial charge in [0, 0.05) is 19.5 Å². The molecule has 1 aromatic rings. The largest absolute Gasteiger partial charge is 0.497 e. The topological polar surface area (TPSA) is 67.9 Å². The van der Waals surface area contributed by atoms with Crippen molar-refractivity contribution in [1.29, 1.82) is 0 Å². The van der Waals surface area contributed by atoms with Gasteiger partial charge >= 0.3 is 0 Å². The third kappa shape index (κ3) is 6.18. The molecule has 6 nitrogen and oxygen atoms in total. The van der Waals surface area contributed by atoms with E-state index in [1.165, 1.54) is 14.0 Å². The first-order chi connectivity index (χ1) is 10.9. The molecule has 1 N–H and O–H groups in total. The van der Waals surface area contributed by atoms with Crippen LogP contribution in [-0.2, 0) is 9.59 Å². The zero-order valence-electron chi connectivity index (χ0n) is 14.5. The maximum absolute atomic E-state index is 12.2. The van der Waals surface area contributed by atoms with Gasteiger partial charge in [0.15, 0.2) is 0 Å². The molecular weight excluding hydrogens is 296 g/mol. The standard InChI is InChI=1S/C17H26N2O4/c1-12(2)8-9-19(13(3)20)11-17(21)18-15-10-14(22-4)6-7-16(15)23-5/h6-7,10,12H,8-9,11H2,1-5H3,(H,18,21). The molecule has 0 unspecified atom stereocenters. The summed E-state index contributed by atoms with van der Waals surface area (Å²) >= 11 is 0. The van der Waals surface area contributed by atoms with Crippen molar-refractivity contribution < 1.29 is 19.1 Å². The number of rotatable bonds is 8. The van der Waals surface area contributed by atoms with Crippen LogP contribution < -0.4 is 14.8 Å². The first-order valence-corrected chi connectivity index (χ1v) is 7.64. The van der Waals surface area contributed by atoms with Gasteiger partial charge in [0.1, 0.15) is 11.5 Å². The summed E-state index contributed by atoms with van der Waals surface area (Å²) in [5.74, 6) is 1.24. The third-order valence-electron chi connectivity index (χ3n) is 3.44. The molecule has 0 heterocycles. The number of methoxy groups -OCH3 is 2. The average molecular weight is 322 g/mol. The maximum Gasteiger partial charge on any atom is 0.244 e. The van der Waals surface area contributed by atoms with Gasteiger partial charge in [0.2, 0.25) is 11.8 Å². The van der Waals surface area contributed by atoms with Crippen LogP contribution in [0.1, 0.15) is 27.2 Å². The van der Waals surface area contributed by atoms with Crippen LogP contribution in [0.15, 0.2) is 18.2 Å². The van der Waals surface area contributed by atoms with Crippen LogP contribution in [-0.4, -0.2) is 44.0 Å². The Balaban J connectivity index is 2.75. The predicted octanol–water partition coefficient (Wildman–Crippen LogP) is 2.54. The summed E-state index contributed by atoms with van der Waals surface area (Å²) in [6.45, 7) is 6.22. The molecule has 0 fully saturated rings. The molecule has 1 aromatic carbocycles. The van der Waals surface area contributed by atoms with Crippen LogP contribution in [0, 0.1) is 5.92 Å². The lowest BCUT2D eigenvalue weighted by molar-refractivity contribution is -0.132. The van der Waals surface area contributed by atoms with E-state index in [2.05, 4.69) is 19.2 Å². The molecule has 0 aliphatic carbocycles. The zero-order valence-corrected chi connectivity index (χ0v) is 14.5. The molecule has 0 aliphatic rings. The van der Waals surface area contributed by atoms with Crippen molar-refractivity contribution in [2.45, 2.75) is 27.2 Å². The van der Waals surface area contributed by atoms with Crippen molar-refractivity contribution in [2.24, 2.45) is 5.92 Å². The molecule has 0 saturated carbocycles. The van der Waals surface area contributed by atoms with Crippen LogP contribution in [0.5, 0.6) is 11.5 Å². The number of hydrogen-bond donors (Lipinski definition) is 1. The smallest absolute Gasteiger partial charge is 0.244 e. The van der Waals surface area contributed by atoms with E-state index in [1.54, 1.807) is 30.2 Å². The fourth-order valence-corrected chi connectivity index (χ4v) is 2.04. The molecule has 0 bridgehead atoms.